The Kier molecular flexibility index (Phi) is 5.45. The first kappa shape index (κ1) is 22.2. The Balaban J connectivity index is 1.73. The molecule has 2 aliphatic heterocycles. The summed E-state index contributed by atoms with van der Waals surface area (Å²) >= 11 is 0. The number of carbonyl (C=O) groups is 2. The molecule has 6 heteroatoms. The Morgan fingerprint density at radius 2 is 1.88 bits per heavy atom. The number of benzene rings is 1. The summed E-state index contributed by atoms with van der Waals surface area (Å²) in [4.78, 5) is 35.1. The molecule has 0 spiro atoms. The van der Waals surface area contributed by atoms with Crippen molar-refractivity contribution in [1.29, 1.82) is 0 Å². The molecule has 0 radical (unpaired) electrons. The van der Waals surface area contributed by atoms with Crippen LogP contribution in [0.4, 0.5) is 5.69 Å². The van der Waals surface area contributed by atoms with E-state index in [1.807, 2.05) is 55.7 Å². The first-order valence-corrected chi connectivity index (χ1v) is 11.2. The van der Waals surface area contributed by atoms with E-state index in [-0.39, 0.29) is 12.5 Å². The molecule has 1 aromatic heterocycles. The molecule has 2 aliphatic rings. The quantitative estimate of drug-likeness (QED) is 0.799. The van der Waals surface area contributed by atoms with Gasteiger partial charge in [0.15, 0.2) is 0 Å². The molecular formula is C26H32N4O2. The zero-order valence-corrected chi connectivity index (χ0v) is 19.6. The van der Waals surface area contributed by atoms with Crippen LogP contribution in [0, 0.1) is 13.8 Å². The number of primary amides is 1. The fraction of sp³-hybridized carbons (Fsp3) is 0.423. The van der Waals surface area contributed by atoms with Gasteiger partial charge >= 0.3 is 0 Å². The molecule has 0 saturated carbocycles. The maximum Gasteiger partial charge on any atom is 0.244 e. The Morgan fingerprint density at radius 3 is 2.56 bits per heavy atom. The van der Waals surface area contributed by atoms with Crippen molar-refractivity contribution in [3.8, 4) is 0 Å². The van der Waals surface area contributed by atoms with E-state index in [9.17, 15) is 9.59 Å². The highest BCUT2D eigenvalue weighted by Crippen LogP contribution is 2.41. The van der Waals surface area contributed by atoms with E-state index >= 15 is 0 Å². The molecule has 3 heterocycles. The number of nitrogens with zero attached hydrogens (tertiary/aromatic N) is 3. The van der Waals surface area contributed by atoms with E-state index < -0.39 is 17.0 Å². The maximum absolute atomic E-state index is 13.8. The third-order valence-electron chi connectivity index (χ3n) is 6.77. The van der Waals surface area contributed by atoms with Crippen LogP contribution in [-0.2, 0) is 15.1 Å². The lowest BCUT2D eigenvalue weighted by atomic mass is 9.87. The Hall–Kier alpha value is -2.99. The number of anilines is 1. The highest BCUT2D eigenvalue weighted by atomic mass is 16.2. The number of hydrogen-bond acceptors (Lipinski definition) is 4. The van der Waals surface area contributed by atoms with Crippen LogP contribution in [-0.4, -0.2) is 40.3 Å². The molecule has 1 aromatic carbocycles. The Bertz CT molecular complexity index is 1120. The van der Waals surface area contributed by atoms with Crippen LogP contribution in [0.15, 0.2) is 42.5 Å². The normalized spacial score (nSPS) is 22.4. The highest BCUT2D eigenvalue weighted by Gasteiger charge is 2.50. The number of nitrogens with two attached hydrogens (primary N) is 1. The fourth-order valence-corrected chi connectivity index (χ4v) is 5.39. The molecule has 4 rings (SSSR count). The number of pyridine rings is 1. The number of allylic oxidation sites excluding steroid dienone is 1. The second kappa shape index (κ2) is 7.85. The molecule has 0 unspecified atom stereocenters. The van der Waals surface area contributed by atoms with Crippen molar-refractivity contribution in [2.75, 3.05) is 18.0 Å². The van der Waals surface area contributed by atoms with Crippen molar-refractivity contribution in [3.05, 3.63) is 65.0 Å². The average Bonchev–Trinajstić information content (AvgIpc) is 3.11. The zero-order chi connectivity index (χ0) is 23.3. The van der Waals surface area contributed by atoms with Crippen LogP contribution >= 0.6 is 0 Å². The molecular weight excluding hydrogens is 400 g/mol. The van der Waals surface area contributed by atoms with Gasteiger partial charge in [0.25, 0.3) is 0 Å². The lowest BCUT2D eigenvalue weighted by molar-refractivity contribution is -0.131. The fourth-order valence-electron chi connectivity index (χ4n) is 5.39. The van der Waals surface area contributed by atoms with Crippen LogP contribution in [0.5, 0.6) is 0 Å². The number of rotatable bonds is 4. The van der Waals surface area contributed by atoms with Gasteiger partial charge in [-0.05, 0) is 76.8 Å². The number of likely N-dealkylation sites (tertiary alicyclic amines) is 1. The van der Waals surface area contributed by atoms with Gasteiger partial charge in [-0.2, -0.15) is 0 Å². The molecule has 2 amide bonds. The number of fused-ring (bicyclic) bond motifs is 1. The smallest absolute Gasteiger partial charge is 0.244 e. The third kappa shape index (κ3) is 3.52. The molecule has 0 aliphatic carbocycles. The second-order valence-corrected chi connectivity index (χ2v) is 9.64. The van der Waals surface area contributed by atoms with E-state index in [1.165, 1.54) is 0 Å². The summed E-state index contributed by atoms with van der Waals surface area (Å²) in [6.07, 6.45) is 3.48. The monoisotopic (exact) mass is 432 g/mol. The number of hydrogen-bond donors (Lipinski definition) is 1. The Morgan fingerprint density at radius 1 is 1.12 bits per heavy atom. The lowest BCUT2D eigenvalue weighted by Gasteiger charge is -2.43. The van der Waals surface area contributed by atoms with Crippen LogP contribution < -0.4 is 10.6 Å². The molecule has 2 aromatic rings. The second-order valence-electron chi connectivity index (χ2n) is 9.64. The molecule has 0 bridgehead atoms. The number of carbonyl (C=O) groups excluding carboxylic acids is 2. The number of aryl methyl sites for hydroxylation is 2. The average molecular weight is 433 g/mol. The van der Waals surface area contributed by atoms with Gasteiger partial charge in [0, 0.05) is 17.8 Å². The van der Waals surface area contributed by atoms with Gasteiger partial charge in [0.2, 0.25) is 11.8 Å². The summed E-state index contributed by atoms with van der Waals surface area (Å²) in [5.74, 6) is -0.503. The SMILES string of the molecule is CC1=CC(C)(C)N(C(=O)CN2CCC[C@]2(C(N)=O)c2cccc(C)n2)c2cc(C)ccc21. The summed E-state index contributed by atoms with van der Waals surface area (Å²) in [5, 5.41) is 0. The van der Waals surface area contributed by atoms with Crippen molar-refractivity contribution < 1.29 is 9.59 Å². The Labute approximate surface area is 190 Å². The van der Waals surface area contributed by atoms with Crippen molar-refractivity contribution in [1.82, 2.24) is 9.88 Å². The van der Waals surface area contributed by atoms with Crippen LogP contribution in [0.1, 0.15) is 56.1 Å². The van der Waals surface area contributed by atoms with Gasteiger partial charge in [-0.25, -0.2) is 0 Å². The van der Waals surface area contributed by atoms with Crippen LogP contribution in [0.25, 0.3) is 5.57 Å². The zero-order valence-electron chi connectivity index (χ0n) is 19.6. The van der Waals surface area contributed by atoms with Gasteiger partial charge < -0.3 is 10.6 Å². The van der Waals surface area contributed by atoms with Crippen molar-refractivity contribution in [2.45, 2.75) is 58.5 Å². The summed E-state index contributed by atoms with van der Waals surface area (Å²) in [7, 11) is 0. The minimum atomic E-state index is -1.07. The summed E-state index contributed by atoms with van der Waals surface area (Å²) in [5.41, 5.74) is 10.1. The predicted octanol–water partition coefficient (Wildman–Crippen LogP) is 3.70. The number of aromatic nitrogens is 1. The maximum atomic E-state index is 13.8. The summed E-state index contributed by atoms with van der Waals surface area (Å²) in [6.45, 7) is 10.8. The van der Waals surface area contributed by atoms with E-state index in [4.69, 9.17) is 5.73 Å². The van der Waals surface area contributed by atoms with Crippen LogP contribution in [0.3, 0.4) is 0 Å². The first-order chi connectivity index (χ1) is 15.1. The first-order valence-electron chi connectivity index (χ1n) is 11.2. The molecule has 168 valence electrons. The summed E-state index contributed by atoms with van der Waals surface area (Å²) < 4.78 is 0. The number of amides is 2. The molecule has 6 nitrogen and oxygen atoms in total. The minimum absolute atomic E-state index is 0.0502. The van der Waals surface area contributed by atoms with Crippen molar-refractivity contribution >= 4 is 23.1 Å². The van der Waals surface area contributed by atoms with E-state index in [0.717, 1.165) is 34.5 Å². The minimum Gasteiger partial charge on any atom is -0.368 e. The summed E-state index contributed by atoms with van der Waals surface area (Å²) in [6, 6.07) is 11.8. The van der Waals surface area contributed by atoms with Gasteiger partial charge in [0.05, 0.1) is 23.5 Å². The largest absolute Gasteiger partial charge is 0.368 e. The third-order valence-corrected chi connectivity index (χ3v) is 6.77. The molecule has 32 heavy (non-hydrogen) atoms. The molecule has 2 N–H and O–H groups in total. The molecule has 1 saturated heterocycles. The highest BCUT2D eigenvalue weighted by molar-refractivity contribution is 6.02. The van der Waals surface area contributed by atoms with Crippen LogP contribution in [0.2, 0.25) is 0 Å². The van der Waals surface area contributed by atoms with Crippen molar-refractivity contribution in [2.24, 2.45) is 5.73 Å². The molecule has 1 fully saturated rings. The molecule has 1 atom stereocenters. The topological polar surface area (TPSA) is 79.5 Å². The van der Waals surface area contributed by atoms with E-state index in [0.29, 0.717) is 18.7 Å². The standard InChI is InChI=1S/C26H32N4O2/c1-17-10-11-20-18(2)15-25(4,5)30(21(20)14-17)23(31)16-29-13-7-12-26(29,24(27)32)22-9-6-8-19(3)28-22/h6,8-11,14-15H,7,12-13,16H2,1-5H3,(H2,27,32)/t26-/m1/s1. The van der Waals surface area contributed by atoms with Gasteiger partial charge in [-0.3, -0.25) is 19.5 Å². The van der Waals surface area contributed by atoms with Crippen molar-refractivity contribution in [3.63, 3.8) is 0 Å². The van der Waals surface area contributed by atoms with Gasteiger partial charge in [-0.15, -0.1) is 0 Å². The lowest BCUT2D eigenvalue weighted by Crippen LogP contribution is -2.57. The van der Waals surface area contributed by atoms with E-state index in [1.54, 1.807) is 0 Å². The van der Waals surface area contributed by atoms with E-state index in [2.05, 4.69) is 36.2 Å². The van der Waals surface area contributed by atoms with Gasteiger partial charge in [-0.1, -0.05) is 24.3 Å². The van der Waals surface area contributed by atoms with Gasteiger partial charge in [0.1, 0.15) is 5.54 Å². The predicted molar refractivity (Wildman–Crippen MR) is 127 cm³/mol.